The second-order valence-electron chi connectivity index (χ2n) is 6.48. The van der Waals surface area contributed by atoms with Gasteiger partial charge < -0.3 is 10.1 Å². The van der Waals surface area contributed by atoms with Crippen LogP contribution in [0, 0.1) is 0 Å². The minimum absolute atomic E-state index is 0.0857. The quantitative estimate of drug-likeness (QED) is 0.687. The number of ether oxygens (including phenoxy) is 1. The van der Waals surface area contributed by atoms with Gasteiger partial charge >= 0.3 is 0 Å². The highest BCUT2D eigenvalue weighted by atomic mass is 79.9. The Bertz CT molecular complexity index is 895. The molecule has 26 heavy (non-hydrogen) atoms. The lowest BCUT2D eigenvalue weighted by molar-refractivity contribution is 0.0409. The summed E-state index contributed by atoms with van der Waals surface area (Å²) in [5.74, 6) is 0. The molecule has 0 bridgehead atoms. The summed E-state index contributed by atoms with van der Waals surface area (Å²) in [6.07, 6.45) is 2.89. The van der Waals surface area contributed by atoms with E-state index in [0.717, 1.165) is 35.4 Å². The number of nitrogens with zero attached hydrogens (tertiary/aromatic N) is 3. The van der Waals surface area contributed by atoms with Gasteiger partial charge in [0.1, 0.15) is 0 Å². The molecule has 1 aliphatic heterocycles. The molecule has 2 unspecified atom stereocenters. The van der Waals surface area contributed by atoms with E-state index >= 15 is 0 Å². The third-order valence-electron chi connectivity index (χ3n) is 4.69. The van der Waals surface area contributed by atoms with Gasteiger partial charge in [-0.2, -0.15) is 15.0 Å². The molecule has 2 atom stereocenters. The summed E-state index contributed by atoms with van der Waals surface area (Å²) in [6, 6.07) is 16.6. The van der Waals surface area contributed by atoms with Crippen molar-refractivity contribution in [2.75, 3.05) is 13.2 Å². The molecule has 5 nitrogen and oxygen atoms in total. The summed E-state index contributed by atoms with van der Waals surface area (Å²) in [5.41, 5.74) is 4.52. The molecular weight excluding hydrogens is 392 g/mol. The van der Waals surface area contributed by atoms with Crippen LogP contribution < -0.4 is 5.32 Å². The van der Waals surface area contributed by atoms with E-state index in [1.54, 1.807) is 4.80 Å². The lowest BCUT2D eigenvalue weighted by Crippen LogP contribution is -2.29. The van der Waals surface area contributed by atoms with E-state index in [9.17, 15) is 0 Å². The molecule has 0 fully saturated rings. The van der Waals surface area contributed by atoms with Crippen LogP contribution in [-0.4, -0.2) is 28.1 Å². The van der Waals surface area contributed by atoms with Gasteiger partial charge in [-0.1, -0.05) is 46.3 Å². The van der Waals surface area contributed by atoms with Crippen molar-refractivity contribution >= 4 is 15.9 Å². The Labute approximate surface area is 161 Å². The van der Waals surface area contributed by atoms with Crippen LogP contribution in [0.2, 0.25) is 0 Å². The van der Waals surface area contributed by atoms with Gasteiger partial charge in [-0.3, -0.25) is 0 Å². The summed E-state index contributed by atoms with van der Waals surface area (Å²) in [7, 11) is 0. The zero-order valence-corrected chi connectivity index (χ0v) is 16.2. The molecule has 6 heteroatoms. The topological polar surface area (TPSA) is 52.0 Å². The van der Waals surface area contributed by atoms with Crippen LogP contribution in [0.25, 0.3) is 5.69 Å². The predicted molar refractivity (Wildman–Crippen MR) is 104 cm³/mol. The highest BCUT2D eigenvalue weighted by Gasteiger charge is 2.21. The molecule has 1 N–H and O–H groups in total. The van der Waals surface area contributed by atoms with E-state index < -0.39 is 0 Å². The molecule has 1 aromatic heterocycles. The number of halogens is 1. The molecule has 2 aromatic carbocycles. The highest BCUT2D eigenvalue weighted by Crippen LogP contribution is 2.27. The lowest BCUT2D eigenvalue weighted by Gasteiger charge is -2.27. The zero-order chi connectivity index (χ0) is 17.9. The minimum atomic E-state index is 0.0857. The van der Waals surface area contributed by atoms with E-state index in [4.69, 9.17) is 4.74 Å². The Balaban J connectivity index is 1.43. The molecule has 0 aliphatic carbocycles. The maximum atomic E-state index is 5.97. The van der Waals surface area contributed by atoms with Crippen LogP contribution in [0.4, 0.5) is 0 Å². The maximum Gasteiger partial charge on any atom is 0.0998 e. The van der Waals surface area contributed by atoms with Crippen LogP contribution in [-0.2, 0) is 11.2 Å². The second kappa shape index (κ2) is 7.70. The molecule has 134 valence electrons. The first kappa shape index (κ1) is 17.4. The molecule has 1 aliphatic rings. The SMILES string of the molecule is CC(NCC1OCCc2ccccc21)c1cnn(-c2cccc(Br)c2)n1. The van der Waals surface area contributed by atoms with Crippen molar-refractivity contribution < 1.29 is 4.74 Å². The van der Waals surface area contributed by atoms with Gasteiger partial charge in [0, 0.05) is 11.0 Å². The molecule has 0 spiro atoms. The smallest absolute Gasteiger partial charge is 0.0998 e. The number of hydrogen-bond donors (Lipinski definition) is 1. The highest BCUT2D eigenvalue weighted by molar-refractivity contribution is 9.10. The van der Waals surface area contributed by atoms with Gasteiger partial charge in [-0.05, 0) is 42.7 Å². The third kappa shape index (κ3) is 3.72. The molecular formula is C20H21BrN4O. The van der Waals surface area contributed by atoms with Crippen LogP contribution in [0.15, 0.2) is 59.2 Å². The first-order chi connectivity index (χ1) is 12.7. The Morgan fingerprint density at radius 2 is 2.15 bits per heavy atom. The summed E-state index contributed by atoms with van der Waals surface area (Å²) in [6.45, 7) is 3.63. The molecule has 2 heterocycles. The van der Waals surface area contributed by atoms with E-state index in [-0.39, 0.29) is 12.1 Å². The average Bonchev–Trinajstić information content (AvgIpc) is 3.16. The average molecular weight is 413 g/mol. The van der Waals surface area contributed by atoms with Gasteiger partial charge in [0.2, 0.25) is 0 Å². The zero-order valence-electron chi connectivity index (χ0n) is 14.6. The fourth-order valence-electron chi connectivity index (χ4n) is 3.23. The maximum absolute atomic E-state index is 5.97. The summed E-state index contributed by atoms with van der Waals surface area (Å²) in [4.78, 5) is 1.66. The number of hydrogen-bond acceptors (Lipinski definition) is 4. The van der Waals surface area contributed by atoms with E-state index in [1.807, 2.05) is 30.5 Å². The van der Waals surface area contributed by atoms with Crippen molar-refractivity contribution in [1.29, 1.82) is 0 Å². The number of aromatic nitrogens is 3. The van der Waals surface area contributed by atoms with E-state index in [1.165, 1.54) is 11.1 Å². The van der Waals surface area contributed by atoms with Gasteiger partial charge in [0.15, 0.2) is 0 Å². The Morgan fingerprint density at radius 1 is 1.27 bits per heavy atom. The van der Waals surface area contributed by atoms with Crippen LogP contribution in [0.1, 0.15) is 35.9 Å². The van der Waals surface area contributed by atoms with Crippen molar-refractivity contribution in [3.8, 4) is 5.69 Å². The fourth-order valence-corrected chi connectivity index (χ4v) is 3.62. The van der Waals surface area contributed by atoms with Crippen LogP contribution in [0.5, 0.6) is 0 Å². The fraction of sp³-hybridized carbons (Fsp3) is 0.300. The van der Waals surface area contributed by atoms with E-state index in [0.29, 0.717) is 0 Å². The first-order valence-corrected chi connectivity index (χ1v) is 9.61. The van der Waals surface area contributed by atoms with Crippen LogP contribution >= 0.6 is 15.9 Å². The lowest BCUT2D eigenvalue weighted by atomic mass is 9.97. The van der Waals surface area contributed by atoms with E-state index in [2.05, 4.69) is 62.6 Å². The number of benzene rings is 2. The number of nitrogens with one attached hydrogen (secondary N) is 1. The second-order valence-corrected chi connectivity index (χ2v) is 7.39. The van der Waals surface area contributed by atoms with Gasteiger partial charge in [0.25, 0.3) is 0 Å². The van der Waals surface area contributed by atoms with Crippen molar-refractivity contribution in [2.24, 2.45) is 0 Å². The number of rotatable bonds is 5. The van der Waals surface area contributed by atoms with Crippen molar-refractivity contribution in [3.05, 3.63) is 76.0 Å². The summed E-state index contributed by atoms with van der Waals surface area (Å²) < 4.78 is 6.98. The Kier molecular flexibility index (Phi) is 5.15. The van der Waals surface area contributed by atoms with Crippen LogP contribution in [0.3, 0.4) is 0 Å². The monoisotopic (exact) mass is 412 g/mol. The number of fused-ring (bicyclic) bond motifs is 1. The van der Waals surface area contributed by atoms with Crippen molar-refractivity contribution in [2.45, 2.75) is 25.5 Å². The summed E-state index contributed by atoms with van der Waals surface area (Å²) in [5, 5.41) is 12.5. The van der Waals surface area contributed by atoms with Gasteiger partial charge in [-0.15, -0.1) is 0 Å². The van der Waals surface area contributed by atoms with Gasteiger partial charge in [0.05, 0.1) is 36.3 Å². The largest absolute Gasteiger partial charge is 0.372 e. The van der Waals surface area contributed by atoms with Gasteiger partial charge in [-0.25, -0.2) is 0 Å². The third-order valence-corrected chi connectivity index (χ3v) is 5.19. The Morgan fingerprint density at radius 3 is 3.04 bits per heavy atom. The first-order valence-electron chi connectivity index (χ1n) is 8.81. The molecule has 0 saturated carbocycles. The molecule has 0 amide bonds. The Hall–Kier alpha value is -2.02. The molecule has 0 radical (unpaired) electrons. The molecule has 4 rings (SSSR count). The van der Waals surface area contributed by atoms with Crippen molar-refractivity contribution in [3.63, 3.8) is 0 Å². The molecule has 0 saturated heterocycles. The molecule has 3 aromatic rings. The van der Waals surface area contributed by atoms with Crippen molar-refractivity contribution in [1.82, 2.24) is 20.3 Å². The summed E-state index contributed by atoms with van der Waals surface area (Å²) >= 11 is 3.48. The normalized spacial score (nSPS) is 17.7. The minimum Gasteiger partial charge on any atom is -0.372 e. The standard InChI is InChI=1S/C20H21BrN4O/c1-14(19-12-23-25(24-19)17-7-4-6-16(21)11-17)22-13-20-18-8-3-2-5-15(18)9-10-26-20/h2-8,11-12,14,20,22H,9-10,13H2,1H3. The predicted octanol–water partition coefficient (Wildman–Crippen LogP) is 3.99.